The monoisotopic (exact) mass is 869 g/mol. The molecule has 0 aromatic carbocycles. The molecule has 0 spiro atoms. The minimum Gasteiger partial charge on any atom is -0.462 e. The standard InChI is InChI=1S/C56H100O6/c1-4-7-10-13-16-19-22-25-27-29-31-34-37-40-43-46-49-55(58)61-52-53(51-60-54(57)48-45-42-39-36-33-30-24-21-18-15-12-9-6-3)62-56(59)50-47-44-41-38-35-32-28-26-23-20-17-14-11-8-5-2/h20,23,27,29-30,33,39,42,53H,4-19,21-22,24-26,28,31-32,34-38,40-41,43-52H2,1-3H3/b23-20-,29-27-,33-30-,42-39-. The zero-order valence-corrected chi connectivity index (χ0v) is 41.1. The molecule has 0 rings (SSSR count). The van der Waals surface area contributed by atoms with E-state index in [0.29, 0.717) is 19.3 Å². The highest BCUT2D eigenvalue weighted by molar-refractivity contribution is 5.71. The molecule has 0 bridgehead atoms. The number of esters is 3. The molecule has 360 valence electrons. The topological polar surface area (TPSA) is 78.9 Å². The first kappa shape index (κ1) is 59.4. The molecule has 1 unspecified atom stereocenters. The molecule has 0 aliphatic carbocycles. The average molecular weight is 869 g/mol. The predicted molar refractivity (Wildman–Crippen MR) is 265 cm³/mol. The SMILES string of the molecule is CCCCCC/C=C\CCCCCCCCCC(=O)OC(COC(=O)CC/C=C\C/C=C\CCCCCCCC)COC(=O)CCCCCCC/C=C\CCCCCCCCC. The van der Waals surface area contributed by atoms with Crippen LogP contribution >= 0.6 is 0 Å². The van der Waals surface area contributed by atoms with Crippen molar-refractivity contribution in [3.8, 4) is 0 Å². The Kier molecular flexibility index (Phi) is 48.8. The van der Waals surface area contributed by atoms with E-state index in [9.17, 15) is 14.4 Å². The molecule has 0 aliphatic rings. The number of unbranched alkanes of at least 4 members (excludes halogenated alkanes) is 29. The van der Waals surface area contributed by atoms with Crippen LogP contribution in [0.25, 0.3) is 0 Å². The maximum Gasteiger partial charge on any atom is 0.306 e. The summed E-state index contributed by atoms with van der Waals surface area (Å²) in [5, 5.41) is 0. The molecule has 0 saturated heterocycles. The van der Waals surface area contributed by atoms with Gasteiger partial charge in [-0.2, -0.15) is 0 Å². The van der Waals surface area contributed by atoms with Crippen LogP contribution in [-0.4, -0.2) is 37.2 Å². The van der Waals surface area contributed by atoms with Crippen LogP contribution in [0.3, 0.4) is 0 Å². The summed E-state index contributed by atoms with van der Waals surface area (Å²) in [4.78, 5) is 37.9. The van der Waals surface area contributed by atoms with Crippen LogP contribution in [0.1, 0.15) is 271 Å². The van der Waals surface area contributed by atoms with Gasteiger partial charge in [0.05, 0.1) is 0 Å². The maximum atomic E-state index is 12.8. The highest BCUT2D eigenvalue weighted by Gasteiger charge is 2.19. The minimum atomic E-state index is -0.799. The lowest BCUT2D eigenvalue weighted by atomic mass is 10.1. The Bertz CT molecular complexity index is 1090. The van der Waals surface area contributed by atoms with E-state index in [2.05, 4.69) is 63.3 Å². The third kappa shape index (κ3) is 48.4. The first-order chi connectivity index (χ1) is 30.5. The van der Waals surface area contributed by atoms with Crippen LogP contribution < -0.4 is 0 Å². The van der Waals surface area contributed by atoms with Crippen molar-refractivity contribution < 1.29 is 28.6 Å². The second kappa shape index (κ2) is 51.0. The number of carbonyl (C=O) groups is 3. The number of hydrogen-bond donors (Lipinski definition) is 0. The Morgan fingerprint density at radius 3 is 1.02 bits per heavy atom. The van der Waals surface area contributed by atoms with Crippen LogP contribution in [0.2, 0.25) is 0 Å². The lowest BCUT2D eigenvalue weighted by molar-refractivity contribution is -0.166. The minimum absolute atomic E-state index is 0.0952. The Hall–Kier alpha value is -2.63. The fourth-order valence-electron chi connectivity index (χ4n) is 7.48. The molecule has 0 radical (unpaired) electrons. The summed E-state index contributed by atoms with van der Waals surface area (Å²) < 4.78 is 16.7. The summed E-state index contributed by atoms with van der Waals surface area (Å²) in [7, 11) is 0. The van der Waals surface area contributed by atoms with Gasteiger partial charge < -0.3 is 14.2 Å². The normalized spacial score (nSPS) is 12.4. The molecule has 6 nitrogen and oxygen atoms in total. The number of hydrogen-bond acceptors (Lipinski definition) is 6. The van der Waals surface area contributed by atoms with Gasteiger partial charge in [0.1, 0.15) is 13.2 Å². The maximum absolute atomic E-state index is 12.8. The summed E-state index contributed by atoms with van der Waals surface area (Å²) in [6.07, 6.45) is 61.0. The van der Waals surface area contributed by atoms with Gasteiger partial charge in [0.15, 0.2) is 6.10 Å². The summed E-state index contributed by atoms with van der Waals surface area (Å²) >= 11 is 0. The molecule has 62 heavy (non-hydrogen) atoms. The molecule has 0 amide bonds. The van der Waals surface area contributed by atoms with Gasteiger partial charge in [0.2, 0.25) is 0 Å². The van der Waals surface area contributed by atoms with Gasteiger partial charge in [-0.05, 0) is 89.9 Å². The number of allylic oxidation sites excluding steroid dienone is 8. The van der Waals surface area contributed by atoms with E-state index < -0.39 is 6.10 Å². The second-order valence-corrected chi connectivity index (χ2v) is 17.8. The van der Waals surface area contributed by atoms with Crippen molar-refractivity contribution in [3.05, 3.63) is 48.6 Å². The van der Waals surface area contributed by atoms with Crippen molar-refractivity contribution in [1.82, 2.24) is 0 Å². The van der Waals surface area contributed by atoms with Gasteiger partial charge in [-0.1, -0.05) is 211 Å². The van der Waals surface area contributed by atoms with Crippen LogP contribution in [0.4, 0.5) is 0 Å². The third-order valence-electron chi connectivity index (χ3n) is 11.5. The van der Waals surface area contributed by atoms with Crippen molar-refractivity contribution >= 4 is 17.9 Å². The number of ether oxygens (including phenoxy) is 3. The summed E-state index contributed by atoms with van der Waals surface area (Å²) in [6.45, 7) is 6.57. The van der Waals surface area contributed by atoms with E-state index >= 15 is 0 Å². The smallest absolute Gasteiger partial charge is 0.306 e. The van der Waals surface area contributed by atoms with E-state index in [-0.39, 0.29) is 37.5 Å². The van der Waals surface area contributed by atoms with Crippen molar-refractivity contribution in [2.45, 2.75) is 277 Å². The Morgan fingerprint density at radius 1 is 0.323 bits per heavy atom. The summed E-state index contributed by atoms with van der Waals surface area (Å²) in [5.41, 5.74) is 0. The fraction of sp³-hybridized carbons (Fsp3) is 0.804. The van der Waals surface area contributed by atoms with Crippen LogP contribution in [0, 0.1) is 0 Å². The zero-order chi connectivity index (χ0) is 45.1. The van der Waals surface area contributed by atoms with E-state index in [1.54, 1.807) is 0 Å². The van der Waals surface area contributed by atoms with Gasteiger partial charge in [-0.3, -0.25) is 14.4 Å². The van der Waals surface area contributed by atoms with Gasteiger partial charge in [-0.25, -0.2) is 0 Å². The number of carbonyl (C=O) groups excluding carboxylic acids is 3. The van der Waals surface area contributed by atoms with Gasteiger partial charge >= 0.3 is 17.9 Å². The highest BCUT2D eigenvalue weighted by Crippen LogP contribution is 2.14. The van der Waals surface area contributed by atoms with Gasteiger partial charge in [-0.15, -0.1) is 0 Å². The Balaban J connectivity index is 4.43. The molecule has 6 heteroatoms. The first-order valence-electron chi connectivity index (χ1n) is 26.6. The fourth-order valence-corrected chi connectivity index (χ4v) is 7.48. The third-order valence-corrected chi connectivity index (χ3v) is 11.5. The zero-order valence-electron chi connectivity index (χ0n) is 41.1. The molecule has 0 heterocycles. The molecule has 0 aromatic rings. The van der Waals surface area contributed by atoms with E-state index in [4.69, 9.17) is 14.2 Å². The molecule has 0 saturated carbocycles. The first-order valence-corrected chi connectivity index (χ1v) is 26.6. The largest absolute Gasteiger partial charge is 0.462 e. The van der Waals surface area contributed by atoms with Crippen molar-refractivity contribution in [2.75, 3.05) is 13.2 Å². The van der Waals surface area contributed by atoms with Crippen molar-refractivity contribution in [2.24, 2.45) is 0 Å². The molecule has 0 N–H and O–H groups in total. The molecular weight excluding hydrogens is 769 g/mol. The van der Waals surface area contributed by atoms with Crippen LogP contribution in [0.15, 0.2) is 48.6 Å². The lowest BCUT2D eigenvalue weighted by Gasteiger charge is -2.18. The average Bonchev–Trinajstić information content (AvgIpc) is 3.27. The predicted octanol–water partition coefficient (Wildman–Crippen LogP) is 17.5. The van der Waals surface area contributed by atoms with E-state index in [1.807, 2.05) is 6.08 Å². The van der Waals surface area contributed by atoms with E-state index in [1.165, 1.54) is 167 Å². The molecule has 1 atom stereocenters. The molecule has 0 fully saturated rings. The van der Waals surface area contributed by atoms with Gasteiger partial charge in [0.25, 0.3) is 0 Å². The quantitative estimate of drug-likeness (QED) is 0.0262. The summed E-state index contributed by atoms with van der Waals surface area (Å²) in [5.74, 6) is -0.971. The van der Waals surface area contributed by atoms with E-state index in [0.717, 1.165) is 57.8 Å². The van der Waals surface area contributed by atoms with Crippen molar-refractivity contribution in [3.63, 3.8) is 0 Å². The molecule has 0 aliphatic heterocycles. The lowest BCUT2D eigenvalue weighted by Crippen LogP contribution is -2.30. The number of rotatable bonds is 48. The second-order valence-electron chi connectivity index (χ2n) is 17.8. The van der Waals surface area contributed by atoms with Gasteiger partial charge in [0, 0.05) is 19.3 Å². The molecule has 0 aromatic heterocycles. The molecular formula is C56H100O6. The van der Waals surface area contributed by atoms with Crippen LogP contribution in [0.5, 0.6) is 0 Å². The Morgan fingerprint density at radius 2 is 0.613 bits per heavy atom. The van der Waals surface area contributed by atoms with Crippen LogP contribution in [-0.2, 0) is 28.6 Å². The summed E-state index contributed by atoms with van der Waals surface area (Å²) in [6, 6.07) is 0. The Labute approximate surface area is 384 Å². The highest BCUT2D eigenvalue weighted by atomic mass is 16.6. The van der Waals surface area contributed by atoms with Crippen molar-refractivity contribution in [1.29, 1.82) is 0 Å².